The van der Waals surface area contributed by atoms with Gasteiger partial charge in [0.05, 0.1) is 35.1 Å². The van der Waals surface area contributed by atoms with E-state index < -0.39 is 0 Å². The number of benzene rings is 1. The van der Waals surface area contributed by atoms with E-state index in [-0.39, 0.29) is 5.56 Å². The summed E-state index contributed by atoms with van der Waals surface area (Å²) in [6.45, 7) is 0.521. The number of aromatic nitrogens is 2. The van der Waals surface area contributed by atoms with Crippen LogP contribution in [0.3, 0.4) is 0 Å². The van der Waals surface area contributed by atoms with Gasteiger partial charge in [0.1, 0.15) is 0 Å². The molecular formula is C16H9N3O. The van der Waals surface area contributed by atoms with E-state index in [1.165, 1.54) is 6.07 Å². The van der Waals surface area contributed by atoms with Crippen molar-refractivity contribution in [1.82, 2.24) is 9.55 Å². The zero-order valence-corrected chi connectivity index (χ0v) is 10.5. The summed E-state index contributed by atoms with van der Waals surface area (Å²) in [5.41, 5.74) is 3.68. The van der Waals surface area contributed by atoms with Crippen LogP contribution in [0.4, 0.5) is 0 Å². The summed E-state index contributed by atoms with van der Waals surface area (Å²) in [6, 6.07) is 15.1. The number of nitriles is 1. The van der Waals surface area contributed by atoms with Crippen molar-refractivity contribution in [3.05, 3.63) is 63.9 Å². The second-order valence-electron chi connectivity index (χ2n) is 4.85. The first-order valence-electron chi connectivity index (χ1n) is 6.30. The first-order valence-corrected chi connectivity index (χ1v) is 6.30. The second kappa shape index (κ2) is 3.78. The van der Waals surface area contributed by atoms with E-state index in [2.05, 4.69) is 11.1 Å². The molecule has 94 valence electrons. The summed E-state index contributed by atoms with van der Waals surface area (Å²) < 4.78 is 1.66. The van der Waals surface area contributed by atoms with E-state index in [0.717, 1.165) is 27.9 Å². The Morgan fingerprint density at radius 1 is 1.20 bits per heavy atom. The molecule has 4 heteroatoms. The Bertz CT molecular complexity index is 964. The standard InChI is InChI=1S/C16H9N3O/c17-8-10-5-14-16-12(9-19(14)15(20)6-10)7-11-3-1-2-4-13(11)18-16/h1-7H,9H2. The van der Waals surface area contributed by atoms with Crippen molar-refractivity contribution < 1.29 is 0 Å². The number of para-hydroxylation sites is 1. The van der Waals surface area contributed by atoms with Gasteiger partial charge >= 0.3 is 0 Å². The van der Waals surface area contributed by atoms with E-state index in [4.69, 9.17) is 5.26 Å². The van der Waals surface area contributed by atoms with Gasteiger partial charge in [-0.05, 0) is 18.2 Å². The smallest absolute Gasteiger partial charge is 0.252 e. The third-order valence-electron chi connectivity index (χ3n) is 3.63. The van der Waals surface area contributed by atoms with Gasteiger partial charge in [-0.15, -0.1) is 0 Å². The summed E-state index contributed by atoms with van der Waals surface area (Å²) in [7, 11) is 0. The lowest BCUT2D eigenvalue weighted by Crippen LogP contribution is -2.18. The SMILES string of the molecule is N#Cc1cc2n(c(=O)c1)Cc1cc3ccccc3nc1-2. The van der Waals surface area contributed by atoms with Crippen LogP contribution in [0.5, 0.6) is 0 Å². The molecule has 0 saturated heterocycles. The number of pyridine rings is 2. The summed E-state index contributed by atoms with van der Waals surface area (Å²) in [5.74, 6) is 0. The fraction of sp³-hybridized carbons (Fsp3) is 0.0625. The molecule has 1 aromatic carbocycles. The van der Waals surface area contributed by atoms with Gasteiger partial charge in [-0.1, -0.05) is 18.2 Å². The first kappa shape index (κ1) is 10.9. The monoisotopic (exact) mass is 259 g/mol. The Labute approximate surface area is 114 Å². The van der Waals surface area contributed by atoms with E-state index in [0.29, 0.717) is 12.1 Å². The maximum atomic E-state index is 12.0. The van der Waals surface area contributed by atoms with Crippen molar-refractivity contribution in [2.75, 3.05) is 0 Å². The number of nitrogens with zero attached hydrogens (tertiary/aromatic N) is 3. The number of fused-ring (bicyclic) bond motifs is 4. The Morgan fingerprint density at radius 3 is 2.90 bits per heavy atom. The van der Waals surface area contributed by atoms with Crippen LogP contribution in [0, 0.1) is 11.3 Å². The van der Waals surface area contributed by atoms with Crippen LogP contribution >= 0.6 is 0 Å². The molecule has 0 aliphatic carbocycles. The van der Waals surface area contributed by atoms with Crippen molar-refractivity contribution >= 4 is 10.9 Å². The maximum absolute atomic E-state index is 12.0. The molecule has 3 aromatic rings. The van der Waals surface area contributed by atoms with Crippen LogP contribution in [0.2, 0.25) is 0 Å². The highest BCUT2D eigenvalue weighted by Crippen LogP contribution is 2.31. The minimum Gasteiger partial charge on any atom is -0.302 e. The molecule has 20 heavy (non-hydrogen) atoms. The molecule has 0 amide bonds. The second-order valence-corrected chi connectivity index (χ2v) is 4.85. The fourth-order valence-electron chi connectivity index (χ4n) is 2.69. The minimum absolute atomic E-state index is 0.152. The lowest BCUT2D eigenvalue weighted by molar-refractivity contribution is 0.803. The summed E-state index contributed by atoms with van der Waals surface area (Å²) in [5, 5.41) is 10.1. The zero-order valence-electron chi connectivity index (χ0n) is 10.5. The normalized spacial score (nSPS) is 11.9. The molecule has 0 bridgehead atoms. The largest absolute Gasteiger partial charge is 0.302 e. The molecule has 4 nitrogen and oxygen atoms in total. The Morgan fingerprint density at radius 2 is 2.05 bits per heavy atom. The van der Waals surface area contributed by atoms with Gasteiger partial charge in [0, 0.05) is 17.0 Å². The maximum Gasteiger partial charge on any atom is 0.252 e. The highest BCUT2D eigenvalue weighted by atomic mass is 16.1. The molecule has 3 heterocycles. The summed E-state index contributed by atoms with van der Waals surface area (Å²) in [4.78, 5) is 16.7. The number of rotatable bonds is 0. The van der Waals surface area contributed by atoms with Gasteiger partial charge in [0.15, 0.2) is 0 Å². The molecule has 1 aliphatic heterocycles. The molecule has 0 atom stereocenters. The number of hydrogen-bond acceptors (Lipinski definition) is 3. The molecular weight excluding hydrogens is 250 g/mol. The van der Waals surface area contributed by atoms with E-state index in [1.807, 2.05) is 30.3 Å². The third kappa shape index (κ3) is 1.41. The van der Waals surface area contributed by atoms with Gasteiger partial charge in [-0.3, -0.25) is 4.79 Å². The van der Waals surface area contributed by atoms with Crippen LogP contribution in [0.15, 0.2) is 47.3 Å². The van der Waals surface area contributed by atoms with Gasteiger partial charge in [0.2, 0.25) is 0 Å². The van der Waals surface area contributed by atoms with Crippen molar-refractivity contribution in [3.8, 4) is 17.5 Å². The zero-order chi connectivity index (χ0) is 13.7. The molecule has 0 saturated carbocycles. The summed E-state index contributed by atoms with van der Waals surface area (Å²) in [6.07, 6.45) is 0. The van der Waals surface area contributed by atoms with Gasteiger partial charge in [0.25, 0.3) is 5.56 Å². The molecule has 0 spiro atoms. The Hall–Kier alpha value is -2.93. The van der Waals surface area contributed by atoms with Crippen molar-refractivity contribution in [1.29, 1.82) is 5.26 Å². The van der Waals surface area contributed by atoms with Crippen molar-refractivity contribution in [3.63, 3.8) is 0 Å². The van der Waals surface area contributed by atoms with Gasteiger partial charge in [-0.25, -0.2) is 4.98 Å². The van der Waals surface area contributed by atoms with Crippen LogP contribution in [0.25, 0.3) is 22.3 Å². The quantitative estimate of drug-likeness (QED) is 0.487. The molecule has 4 rings (SSSR count). The van der Waals surface area contributed by atoms with Crippen LogP contribution < -0.4 is 5.56 Å². The highest BCUT2D eigenvalue weighted by Gasteiger charge is 2.22. The Kier molecular flexibility index (Phi) is 2.07. The lowest BCUT2D eigenvalue weighted by Gasteiger charge is -2.03. The lowest BCUT2D eigenvalue weighted by atomic mass is 10.1. The highest BCUT2D eigenvalue weighted by molar-refractivity contribution is 5.83. The van der Waals surface area contributed by atoms with Crippen LogP contribution in [-0.2, 0) is 6.54 Å². The van der Waals surface area contributed by atoms with Crippen molar-refractivity contribution in [2.24, 2.45) is 0 Å². The molecule has 1 aliphatic rings. The fourth-order valence-corrected chi connectivity index (χ4v) is 2.69. The van der Waals surface area contributed by atoms with Crippen molar-refractivity contribution in [2.45, 2.75) is 6.54 Å². The predicted octanol–water partition coefficient (Wildman–Crippen LogP) is 2.30. The summed E-state index contributed by atoms with van der Waals surface area (Å²) >= 11 is 0. The first-order chi connectivity index (χ1) is 9.76. The predicted molar refractivity (Wildman–Crippen MR) is 75.3 cm³/mol. The topological polar surface area (TPSA) is 58.7 Å². The van der Waals surface area contributed by atoms with Crippen LogP contribution in [-0.4, -0.2) is 9.55 Å². The van der Waals surface area contributed by atoms with Gasteiger partial charge < -0.3 is 4.57 Å². The van der Waals surface area contributed by atoms with E-state index in [9.17, 15) is 4.79 Å². The molecule has 2 aromatic heterocycles. The molecule has 0 fully saturated rings. The third-order valence-corrected chi connectivity index (χ3v) is 3.63. The Balaban J connectivity index is 2.07. The molecule has 0 N–H and O–H groups in total. The van der Waals surface area contributed by atoms with E-state index in [1.54, 1.807) is 10.6 Å². The van der Waals surface area contributed by atoms with Crippen LogP contribution in [0.1, 0.15) is 11.1 Å². The molecule has 0 radical (unpaired) electrons. The average molecular weight is 259 g/mol. The average Bonchev–Trinajstić information content (AvgIpc) is 2.83. The number of hydrogen-bond donors (Lipinski definition) is 0. The minimum atomic E-state index is -0.152. The molecule has 0 unspecified atom stereocenters. The van der Waals surface area contributed by atoms with Gasteiger partial charge in [-0.2, -0.15) is 5.26 Å². The van der Waals surface area contributed by atoms with E-state index >= 15 is 0 Å².